The summed E-state index contributed by atoms with van der Waals surface area (Å²) in [6.45, 7) is 4.21. The van der Waals surface area contributed by atoms with E-state index >= 15 is 0 Å². The first-order valence-electron chi connectivity index (χ1n) is 6.70. The maximum absolute atomic E-state index is 6.34. The number of nitrogens with two attached hydrogens (primary N) is 1. The average molecular weight is 287 g/mol. The molecule has 0 aromatic heterocycles. The van der Waals surface area contributed by atoms with Crippen molar-refractivity contribution in [3.05, 3.63) is 59.2 Å². The van der Waals surface area contributed by atoms with Gasteiger partial charge in [-0.3, -0.25) is 0 Å². The highest BCUT2D eigenvalue weighted by atomic mass is 32.2. The van der Waals surface area contributed by atoms with Gasteiger partial charge < -0.3 is 10.5 Å². The topological polar surface area (TPSA) is 35.2 Å². The molecule has 0 aliphatic heterocycles. The molecule has 3 heteroatoms. The third-order valence-corrected chi connectivity index (χ3v) is 4.50. The predicted molar refractivity (Wildman–Crippen MR) is 86.6 cm³/mol. The van der Waals surface area contributed by atoms with Crippen LogP contribution in [0, 0.1) is 13.8 Å². The second-order valence-corrected chi connectivity index (χ2v) is 5.99. The molecule has 0 fully saturated rings. The second kappa shape index (κ2) is 6.82. The molecule has 20 heavy (non-hydrogen) atoms. The van der Waals surface area contributed by atoms with Gasteiger partial charge in [-0.05, 0) is 37.1 Å². The Labute approximate surface area is 125 Å². The summed E-state index contributed by atoms with van der Waals surface area (Å²) in [5.74, 6) is 1.75. The first-order chi connectivity index (χ1) is 9.61. The van der Waals surface area contributed by atoms with Crippen LogP contribution in [0.1, 0.15) is 22.7 Å². The van der Waals surface area contributed by atoms with E-state index in [4.69, 9.17) is 10.5 Å². The fourth-order valence-corrected chi connectivity index (χ4v) is 3.17. The monoisotopic (exact) mass is 287 g/mol. The van der Waals surface area contributed by atoms with Crippen LogP contribution >= 0.6 is 11.8 Å². The van der Waals surface area contributed by atoms with Gasteiger partial charge in [-0.25, -0.2) is 0 Å². The minimum atomic E-state index is 0.0322. The number of hydrogen-bond donors (Lipinski definition) is 1. The van der Waals surface area contributed by atoms with Crippen LogP contribution in [0.2, 0.25) is 0 Å². The highest BCUT2D eigenvalue weighted by molar-refractivity contribution is 7.99. The molecule has 0 spiro atoms. The van der Waals surface area contributed by atoms with Gasteiger partial charge in [0.1, 0.15) is 5.75 Å². The molecule has 0 saturated heterocycles. The van der Waals surface area contributed by atoms with Crippen LogP contribution < -0.4 is 10.5 Å². The van der Waals surface area contributed by atoms with Crippen LogP contribution in [0.5, 0.6) is 5.75 Å². The smallest absolute Gasteiger partial charge is 0.132 e. The quantitative estimate of drug-likeness (QED) is 0.841. The number of hydrogen-bond acceptors (Lipinski definition) is 3. The number of para-hydroxylation sites is 1. The van der Waals surface area contributed by atoms with Crippen molar-refractivity contribution >= 4 is 11.8 Å². The van der Waals surface area contributed by atoms with Crippen LogP contribution in [-0.2, 0) is 0 Å². The number of aryl methyl sites for hydroxylation is 2. The molecule has 2 nitrogen and oxygen atoms in total. The first kappa shape index (κ1) is 14.9. The predicted octanol–water partition coefficient (Wildman–Crippen LogP) is 4.10. The van der Waals surface area contributed by atoms with Gasteiger partial charge in [-0.15, -0.1) is 11.8 Å². The van der Waals surface area contributed by atoms with E-state index in [0.29, 0.717) is 0 Å². The van der Waals surface area contributed by atoms with E-state index in [1.807, 2.05) is 18.2 Å². The summed E-state index contributed by atoms with van der Waals surface area (Å²) in [7, 11) is 1.70. The number of rotatable bonds is 5. The van der Waals surface area contributed by atoms with Crippen molar-refractivity contribution in [1.29, 1.82) is 0 Å². The van der Waals surface area contributed by atoms with Gasteiger partial charge in [-0.2, -0.15) is 0 Å². The van der Waals surface area contributed by atoms with Crippen molar-refractivity contribution in [2.24, 2.45) is 5.73 Å². The van der Waals surface area contributed by atoms with Gasteiger partial charge >= 0.3 is 0 Å². The molecule has 0 aliphatic carbocycles. The third-order valence-electron chi connectivity index (χ3n) is 3.32. The van der Waals surface area contributed by atoms with E-state index in [-0.39, 0.29) is 6.04 Å². The molecule has 0 bridgehead atoms. The zero-order chi connectivity index (χ0) is 14.5. The Bertz CT molecular complexity index is 583. The first-order valence-corrected chi connectivity index (χ1v) is 7.69. The number of thioether (sulfide) groups is 1. The van der Waals surface area contributed by atoms with Gasteiger partial charge in [0.25, 0.3) is 0 Å². The highest BCUT2D eigenvalue weighted by Crippen LogP contribution is 2.31. The molecule has 2 rings (SSSR count). The zero-order valence-electron chi connectivity index (χ0n) is 12.2. The Hall–Kier alpha value is -1.45. The highest BCUT2D eigenvalue weighted by Gasteiger charge is 2.11. The number of ether oxygens (including phenoxy) is 1. The minimum Gasteiger partial charge on any atom is -0.496 e. The summed E-state index contributed by atoms with van der Waals surface area (Å²) < 4.78 is 5.36. The van der Waals surface area contributed by atoms with Crippen LogP contribution in [0.3, 0.4) is 0 Å². The maximum Gasteiger partial charge on any atom is 0.132 e. The van der Waals surface area contributed by atoms with Crippen LogP contribution in [0.15, 0.2) is 47.4 Å². The Morgan fingerprint density at radius 3 is 2.65 bits per heavy atom. The molecule has 2 aromatic rings. The van der Waals surface area contributed by atoms with E-state index in [2.05, 4.69) is 38.1 Å². The maximum atomic E-state index is 6.34. The molecule has 0 radical (unpaired) electrons. The normalized spacial score (nSPS) is 12.2. The van der Waals surface area contributed by atoms with Gasteiger partial charge in [0.05, 0.1) is 7.11 Å². The largest absolute Gasteiger partial charge is 0.496 e. The number of benzene rings is 2. The summed E-state index contributed by atoms with van der Waals surface area (Å²) >= 11 is 1.74. The van der Waals surface area contributed by atoms with Crippen molar-refractivity contribution in [1.82, 2.24) is 0 Å². The third kappa shape index (κ3) is 3.56. The Morgan fingerprint density at radius 1 is 1.15 bits per heavy atom. The molecule has 2 N–H and O–H groups in total. The van der Waals surface area contributed by atoms with Crippen LogP contribution in [-0.4, -0.2) is 12.9 Å². The SMILES string of the molecule is COc1ccccc1SCC(N)c1cc(C)ccc1C. The van der Waals surface area contributed by atoms with Gasteiger partial charge in [-0.1, -0.05) is 35.9 Å². The lowest BCUT2D eigenvalue weighted by Crippen LogP contribution is -2.14. The Morgan fingerprint density at radius 2 is 1.90 bits per heavy atom. The lowest BCUT2D eigenvalue weighted by atomic mass is 10.0. The lowest BCUT2D eigenvalue weighted by Gasteiger charge is -2.16. The molecular formula is C17H21NOS. The van der Waals surface area contributed by atoms with Crippen molar-refractivity contribution in [3.63, 3.8) is 0 Å². The Kier molecular flexibility index (Phi) is 5.10. The lowest BCUT2D eigenvalue weighted by molar-refractivity contribution is 0.405. The molecule has 1 atom stereocenters. The molecule has 0 amide bonds. The standard InChI is InChI=1S/C17H21NOS/c1-12-8-9-13(2)14(10-12)15(18)11-20-17-7-5-4-6-16(17)19-3/h4-10,15H,11,18H2,1-3H3. The minimum absolute atomic E-state index is 0.0322. The summed E-state index contributed by atoms with van der Waals surface area (Å²) in [4.78, 5) is 1.13. The molecule has 0 saturated carbocycles. The fraction of sp³-hybridized carbons (Fsp3) is 0.294. The van der Waals surface area contributed by atoms with Crippen molar-refractivity contribution in [2.45, 2.75) is 24.8 Å². The molecule has 1 unspecified atom stereocenters. The summed E-state index contributed by atoms with van der Waals surface area (Å²) in [6.07, 6.45) is 0. The van der Waals surface area contributed by atoms with E-state index in [1.54, 1.807) is 18.9 Å². The average Bonchev–Trinajstić information content (AvgIpc) is 2.47. The molecule has 0 heterocycles. The van der Waals surface area contributed by atoms with E-state index in [9.17, 15) is 0 Å². The summed E-state index contributed by atoms with van der Waals surface area (Å²) in [5.41, 5.74) is 10.1. The van der Waals surface area contributed by atoms with Crippen molar-refractivity contribution in [3.8, 4) is 5.75 Å². The van der Waals surface area contributed by atoms with Gasteiger partial charge in [0.15, 0.2) is 0 Å². The molecule has 106 valence electrons. The molecule has 0 aliphatic rings. The van der Waals surface area contributed by atoms with E-state index in [1.165, 1.54) is 16.7 Å². The molecule has 2 aromatic carbocycles. The second-order valence-electron chi connectivity index (χ2n) is 4.93. The zero-order valence-corrected chi connectivity index (χ0v) is 13.0. The summed E-state index contributed by atoms with van der Waals surface area (Å²) in [6, 6.07) is 14.5. The fourth-order valence-electron chi connectivity index (χ4n) is 2.17. The van der Waals surface area contributed by atoms with Crippen molar-refractivity contribution in [2.75, 3.05) is 12.9 Å². The Balaban J connectivity index is 2.08. The van der Waals surface area contributed by atoms with E-state index < -0.39 is 0 Å². The molecular weight excluding hydrogens is 266 g/mol. The van der Waals surface area contributed by atoms with Gasteiger partial charge in [0, 0.05) is 16.7 Å². The number of methoxy groups -OCH3 is 1. The van der Waals surface area contributed by atoms with Gasteiger partial charge in [0.2, 0.25) is 0 Å². The summed E-state index contributed by atoms with van der Waals surface area (Å²) in [5, 5.41) is 0. The van der Waals surface area contributed by atoms with Crippen LogP contribution in [0.25, 0.3) is 0 Å². The van der Waals surface area contributed by atoms with Crippen molar-refractivity contribution < 1.29 is 4.74 Å². The van der Waals surface area contributed by atoms with E-state index in [0.717, 1.165) is 16.4 Å². The van der Waals surface area contributed by atoms with Crippen LogP contribution in [0.4, 0.5) is 0 Å².